The van der Waals surface area contributed by atoms with E-state index in [1.54, 1.807) is 36.4 Å². The molecule has 10 heteroatoms. The molecule has 0 unspecified atom stereocenters. The SMILES string of the molecule is COc1ccc(NC(=O)CCCCCC(=O)Nc2ccccc2NC(=O)OCC2c3ccccc3-c3ccccc32)c(OC)n1. The van der Waals surface area contributed by atoms with E-state index in [-0.39, 0.29) is 36.6 Å². The van der Waals surface area contributed by atoms with Gasteiger partial charge in [-0.05, 0) is 53.3 Å². The number of hydrogen-bond donors (Lipinski definition) is 3. The fourth-order valence-electron chi connectivity index (χ4n) is 5.41. The van der Waals surface area contributed by atoms with Gasteiger partial charge in [-0.2, -0.15) is 4.98 Å². The molecule has 3 amide bonds. The van der Waals surface area contributed by atoms with Gasteiger partial charge < -0.3 is 24.8 Å². The molecule has 5 rings (SSSR count). The van der Waals surface area contributed by atoms with E-state index in [2.05, 4.69) is 45.2 Å². The van der Waals surface area contributed by atoms with Crippen LogP contribution in [0.2, 0.25) is 0 Å². The minimum atomic E-state index is -0.597. The number of anilines is 3. The first kappa shape index (κ1) is 31.1. The van der Waals surface area contributed by atoms with Crippen LogP contribution in [0, 0.1) is 0 Å². The molecule has 232 valence electrons. The predicted molar refractivity (Wildman–Crippen MR) is 173 cm³/mol. The maximum atomic E-state index is 12.8. The first-order valence-corrected chi connectivity index (χ1v) is 14.9. The van der Waals surface area contributed by atoms with E-state index >= 15 is 0 Å². The van der Waals surface area contributed by atoms with E-state index in [4.69, 9.17) is 14.2 Å². The lowest BCUT2D eigenvalue weighted by molar-refractivity contribution is -0.116. The molecular weight excluding hydrogens is 572 g/mol. The number of hydrogen-bond acceptors (Lipinski definition) is 7. The molecular formula is C35H36N4O6. The molecule has 0 saturated carbocycles. The van der Waals surface area contributed by atoms with Crippen molar-refractivity contribution in [2.45, 2.75) is 38.0 Å². The number of aromatic nitrogens is 1. The zero-order valence-corrected chi connectivity index (χ0v) is 25.3. The smallest absolute Gasteiger partial charge is 0.411 e. The predicted octanol–water partition coefficient (Wildman–Crippen LogP) is 6.99. The summed E-state index contributed by atoms with van der Waals surface area (Å²) in [4.78, 5) is 42.0. The number of unbranched alkanes of at least 4 members (excludes halogenated alkanes) is 2. The summed E-state index contributed by atoms with van der Waals surface area (Å²) in [7, 11) is 2.97. The van der Waals surface area contributed by atoms with Gasteiger partial charge in [0.2, 0.25) is 23.6 Å². The first-order chi connectivity index (χ1) is 22.0. The lowest BCUT2D eigenvalue weighted by atomic mass is 9.98. The highest BCUT2D eigenvalue weighted by molar-refractivity contribution is 5.97. The van der Waals surface area contributed by atoms with Crippen molar-refractivity contribution in [1.82, 2.24) is 4.98 Å². The summed E-state index contributed by atoms with van der Waals surface area (Å²) < 4.78 is 16.0. The molecule has 0 saturated heterocycles. The van der Waals surface area contributed by atoms with Crippen molar-refractivity contribution >= 4 is 35.0 Å². The Kier molecular flexibility index (Phi) is 10.3. The fourth-order valence-corrected chi connectivity index (χ4v) is 5.41. The summed E-state index contributed by atoms with van der Waals surface area (Å²) in [6.45, 7) is 0.191. The molecule has 0 spiro atoms. The highest BCUT2D eigenvalue weighted by Gasteiger charge is 2.29. The van der Waals surface area contributed by atoms with Gasteiger partial charge in [-0.15, -0.1) is 0 Å². The van der Waals surface area contributed by atoms with Gasteiger partial charge in [0.05, 0.1) is 25.6 Å². The largest absolute Gasteiger partial charge is 0.481 e. The minimum absolute atomic E-state index is 0.0496. The first-order valence-electron chi connectivity index (χ1n) is 14.9. The number of rotatable bonds is 13. The van der Waals surface area contributed by atoms with Crippen molar-refractivity contribution in [3.05, 3.63) is 96.1 Å². The Labute approximate surface area is 262 Å². The molecule has 3 aromatic carbocycles. The van der Waals surface area contributed by atoms with Gasteiger partial charge in [0.25, 0.3) is 0 Å². The van der Waals surface area contributed by atoms with Crippen LogP contribution in [0.1, 0.15) is 49.1 Å². The third-order valence-corrected chi connectivity index (χ3v) is 7.60. The molecule has 10 nitrogen and oxygen atoms in total. The van der Waals surface area contributed by atoms with Crippen LogP contribution in [0.3, 0.4) is 0 Å². The van der Waals surface area contributed by atoms with E-state index in [1.165, 1.54) is 14.2 Å². The number of nitrogens with one attached hydrogen (secondary N) is 3. The summed E-state index contributed by atoms with van der Waals surface area (Å²) in [6, 6.07) is 26.6. The number of amides is 3. The number of pyridine rings is 1. The standard InChI is InChI=1S/C35H36N4O6/c1-43-33-21-20-30(34(39-33)44-2)37-32(41)19-5-3-4-18-31(40)36-28-16-10-11-17-29(28)38-35(42)45-22-27-25-14-8-6-12-23(25)24-13-7-9-15-26(24)27/h6-17,20-21,27H,3-5,18-19,22H2,1-2H3,(H,36,40)(H,37,41)(H,38,42). The lowest BCUT2D eigenvalue weighted by Crippen LogP contribution is -2.19. The number of carbonyl (C=O) groups is 3. The molecule has 0 bridgehead atoms. The average Bonchev–Trinajstić information content (AvgIpc) is 3.38. The van der Waals surface area contributed by atoms with Crippen molar-refractivity contribution in [2.24, 2.45) is 0 Å². The van der Waals surface area contributed by atoms with E-state index in [0.29, 0.717) is 48.6 Å². The zero-order valence-electron chi connectivity index (χ0n) is 25.3. The van der Waals surface area contributed by atoms with Gasteiger partial charge in [-0.3, -0.25) is 14.9 Å². The number of methoxy groups -OCH3 is 2. The molecule has 0 radical (unpaired) electrons. The van der Waals surface area contributed by atoms with Gasteiger partial charge in [0.1, 0.15) is 12.3 Å². The van der Waals surface area contributed by atoms with Crippen molar-refractivity contribution in [2.75, 3.05) is 36.8 Å². The van der Waals surface area contributed by atoms with Crippen molar-refractivity contribution in [3.63, 3.8) is 0 Å². The van der Waals surface area contributed by atoms with Gasteiger partial charge in [0.15, 0.2) is 0 Å². The van der Waals surface area contributed by atoms with Gasteiger partial charge >= 0.3 is 6.09 Å². The van der Waals surface area contributed by atoms with Crippen LogP contribution < -0.4 is 25.4 Å². The fraction of sp³-hybridized carbons (Fsp3) is 0.257. The zero-order chi connectivity index (χ0) is 31.6. The molecule has 0 atom stereocenters. The Bertz CT molecular complexity index is 1630. The van der Waals surface area contributed by atoms with Crippen LogP contribution in [0.4, 0.5) is 21.9 Å². The summed E-state index contributed by atoms with van der Waals surface area (Å²) in [5.41, 5.74) is 5.98. The second-order valence-corrected chi connectivity index (χ2v) is 10.6. The summed E-state index contributed by atoms with van der Waals surface area (Å²) in [6.07, 6.45) is 1.89. The van der Waals surface area contributed by atoms with Gasteiger partial charge in [0, 0.05) is 24.8 Å². The molecule has 1 aliphatic rings. The van der Waals surface area contributed by atoms with E-state index in [1.807, 2.05) is 24.3 Å². The summed E-state index contributed by atoms with van der Waals surface area (Å²) >= 11 is 0. The number of ether oxygens (including phenoxy) is 3. The Morgan fingerprint density at radius 3 is 1.80 bits per heavy atom. The third kappa shape index (κ3) is 7.77. The number of para-hydroxylation sites is 2. The lowest BCUT2D eigenvalue weighted by Gasteiger charge is -2.16. The second-order valence-electron chi connectivity index (χ2n) is 10.6. The monoisotopic (exact) mass is 608 g/mol. The van der Waals surface area contributed by atoms with E-state index in [0.717, 1.165) is 22.3 Å². The topological polar surface area (TPSA) is 128 Å². The minimum Gasteiger partial charge on any atom is -0.481 e. The molecule has 45 heavy (non-hydrogen) atoms. The van der Waals surface area contributed by atoms with Crippen molar-refractivity contribution < 1.29 is 28.6 Å². The summed E-state index contributed by atoms with van der Waals surface area (Å²) in [5.74, 6) is 0.256. The number of fused-ring (bicyclic) bond motifs is 3. The van der Waals surface area contributed by atoms with Gasteiger partial charge in [-0.25, -0.2) is 4.79 Å². The molecule has 1 aliphatic carbocycles. The van der Waals surface area contributed by atoms with Crippen LogP contribution in [0.5, 0.6) is 11.8 Å². The third-order valence-electron chi connectivity index (χ3n) is 7.60. The Morgan fingerprint density at radius 1 is 0.644 bits per heavy atom. The van der Waals surface area contributed by atoms with Crippen molar-refractivity contribution in [3.8, 4) is 22.9 Å². The van der Waals surface area contributed by atoms with Crippen LogP contribution in [0.25, 0.3) is 11.1 Å². The Hall–Kier alpha value is -5.38. The average molecular weight is 609 g/mol. The number of benzene rings is 3. The van der Waals surface area contributed by atoms with Crippen LogP contribution in [0.15, 0.2) is 84.9 Å². The molecule has 4 aromatic rings. The Balaban J connectivity index is 1.05. The van der Waals surface area contributed by atoms with Crippen LogP contribution >= 0.6 is 0 Å². The molecule has 0 fully saturated rings. The Morgan fingerprint density at radius 2 is 1.20 bits per heavy atom. The number of nitrogens with zero attached hydrogens (tertiary/aromatic N) is 1. The van der Waals surface area contributed by atoms with Crippen molar-refractivity contribution in [1.29, 1.82) is 0 Å². The van der Waals surface area contributed by atoms with Crippen LogP contribution in [-0.4, -0.2) is 43.7 Å². The molecule has 1 heterocycles. The quantitative estimate of drug-likeness (QED) is 0.140. The number of carbonyl (C=O) groups excluding carboxylic acids is 3. The molecule has 0 aliphatic heterocycles. The highest BCUT2D eigenvalue weighted by Crippen LogP contribution is 2.44. The van der Waals surface area contributed by atoms with E-state index in [9.17, 15) is 14.4 Å². The van der Waals surface area contributed by atoms with Crippen LogP contribution in [-0.2, 0) is 14.3 Å². The van der Waals surface area contributed by atoms with E-state index < -0.39 is 6.09 Å². The molecule has 1 aromatic heterocycles. The maximum Gasteiger partial charge on any atom is 0.411 e. The highest BCUT2D eigenvalue weighted by atomic mass is 16.5. The normalized spacial score (nSPS) is 11.6. The summed E-state index contributed by atoms with van der Waals surface area (Å²) in [5, 5.41) is 8.44. The molecule has 3 N–H and O–H groups in total. The maximum absolute atomic E-state index is 12.8. The van der Waals surface area contributed by atoms with Gasteiger partial charge in [-0.1, -0.05) is 67.1 Å². The second kappa shape index (κ2) is 14.9.